The molecule has 0 radical (unpaired) electrons. The predicted octanol–water partition coefficient (Wildman–Crippen LogP) is 4.36. The third-order valence-electron chi connectivity index (χ3n) is 5.58. The van der Waals surface area contributed by atoms with E-state index in [0.717, 1.165) is 64.3 Å². The standard InChI is InChI=1S/C22H20N6O/c1-2-6-18-14(5-1)12-19(29-18)21-16-11-15(7-8-17(16)24-26-21)22-23-20(25-27-22)13-28-9-3-4-10-28/h1-2,5-8,11-12H,3-4,9-10,13H2,(H,24,26)(H,23,25,27). The maximum Gasteiger partial charge on any atom is 0.181 e. The Labute approximate surface area is 166 Å². The summed E-state index contributed by atoms with van der Waals surface area (Å²) in [5.41, 5.74) is 3.57. The van der Waals surface area contributed by atoms with Gasteiger partial charge in [0.1, 0.15) is 17.1 Å². The van der Waals surface area contributed by atoms with E-state index >= 15 is 0 Å². The number of likely N-dealkylation sites (tertiary alicyclic amines) is 1. The molecule has 0 amide bonds. The molecule has 7 nitrogen and oxygen atoms in total. The van der Waals surface area contributed by atoms with E-state index in [0.29, 0.717) is 5.82 Å². The lowest BCUT2D eigenvalue weighted by molar-refractivity contribution is 0.323. The summed E-state index contributed by atoms with van der Waals surface area (Å²) in [7, 11) is 0. The Morgan fingerprint density at radius 1 is 0.966 bits per heavy atom. The van der Waals surface area contributed by atoms with Gasteiger partial charge in [0.15, 0.2) is 11.6 Å². The summed E-state index contributed by atoms with van der Waals surface area (Å²) in [6, 6.07) is 16.1. The molecule has 0 aliphatic carbocycles. The van der Waals surface area contributed by atoms with Crippen LogP contribution in [0.5, 0.6) is 0 Å². The lowest BCUT2D eigenvalue weighted by Crippen LogP contribution is -2.19. The number of aromatic amines is 2. The highest BCUT2D eigenvalue weighted by Crippen LogP contribution is 2.33. The van der Waals surface area contributed by atoms with Crippen LogP contribution in [0.15, 0.2) is 52.9 Å². The van der Waals surface area contributed by atoms with Crippen LogP contribution in [0.2, 0.25) is 0 Å². The predicted molar refractivity (Wildman–Crippen MR) is 111 cm³/mol. The molecule has 0 bridgehead atoms. The van der Waals surface area contributed by atoms with Gasteiger partial charge in [-0.25, -0.2) is 4.98 Å². The summed E-state index contributed by atoms with van der Waals surface area (Å²) in [6.07, 6.45) is 2.53. The largest absolute Gasteiger partial charge is 0.454 e. The average Bonchev–Trinajstić information content (AvgIpc) is 3.53. The molecular weight excluding hydrogens is 364 g/mol. The van der Waals surface area contributed by atoms with E-state index in [2.05, 4.69) is 31.4 Å². The Balaban J connectivity index is 1.37. The number of nitrogens with zero attached hydrogens (tertiary/aromatic N) is 4. The van der Waals surface area contributed by atoms with E-state index in [1.54, 1.807) is 0 Å². The Morgan fingerprint density at radius 3 is 2.76 bits per heavy atom. The van der Waals surface area contributed by atoms with Gasteiger partial charge in [-0.1, -0.05) is 18.2 Å². The smallest absolute Gasteiger partial charge is 0.181 e. The second-order valence-corrected chi connectivity index (χ2v) is 7.57. The highest BCUT2D eigenvalue weighted by atomic mass is 16.3. The number of aromatic nitrogens is 5. The van der Waals surface area contributed by atoms with E-state index in [4.69, 9.17) is 9.40 Å². The lowest BCUT2D eigenvalue weighted by Gasteiger charge is -2.11. The summed E-state index contributed by atoms with van der Waals surface area (Å²) in [5.74, 6) is 2.36. The first-order chi connectivity index (χ1) is 14.3. The number of fused-ring (bicyclic) bond motifs is 2. The fourth-order valence-electron chi connectivity index (χ4n) is 4.09. The van der Waals surface area contributed by atoms with Crippen molar-refractivity contribution in [1.29, 1.82) is 0 Å². The molecule has 4 heterocycles. The second kappa shape index (κ2) is 6.56. The van der Waals surface area contributed by atoms with Crippen LogP contribution in [0.4, 0.5) is 0 Å². The number of hydrogen-bond acceptors (Lipinski definition) is 5. The average molecular weight is 384 g/mol. The second-order valence-electron chi connectivity index (χ2n) is 7.57. The Hall–Kier alpha value is -3.45. The first-order valence-corrected chi connectivity index (χ1v) is 9.94. The molecule has 3 aromatic heterocycles. The minimum absolute atomic E-state index is 0.706. The van der Waals surface area contributed by atoms with Gasteiger partial charge in [-0.15, -0.1) is 0 Å². The van der Waals surface area contributed by atoms with E-state index in [1.165, 1.54) is 12.8 Å². The van der Waals surface area contributed by atoms with Crippen molar-refractivity contribution in [3.8, 4) is 22.8 Å². The van der Waals surface area contributed by atoms with Gasteiger partial charge in [0.2, 0.25) is 0 Å². The zero-order valence-electron chi connectivity index (χ0n) is 15.9. The van der Waals surface area contributed by atoms with Gasteiger partial charge in [0.05, 0.1) is 12.1 Å². The van der Waals surface area contributed by atoms with Gasteiger partial charge in [0.25, 0.3) is 0 Å². The van der Waals surface area contributed by atoms with Crippen molar-refractivity contribution in [1.82, 2.24) is 30.3 Å². The minimum Gasteiger partial charge on any atom is -0.454 e. The van der Waals surface area contributed by atoms with Crippen LogP contribution >= 0.6 is 0 Å². The molecule has 0 unspecified atom stereocenters. The van der Waals surface area contributed by atoms with Gasteiger partial charge in [0, 0.05) is 16.3 Å². The van der Waals surface area contributed by atoms with E-state index in [1.807, 2.05) is 42.5 Å². The molecule has 29 heavy (non-hydrogen) atoms. The number of rotatable bonds is 4. The number of benzene rings is 2. The summed E-state index contributed by atoms with van der Waals surface area (Å²) in [5, 5.41) is 17.2. The molecule has 1 fully saturated rings. The van der Waals surface area contributed by atoms with Crippen LogP contribution < -0.4 is 0 Å². The molecule has 7 heteroatoms. The summed E-state index contributed by atoms with van der Waals surface area (Å²) >= 11 is 0. The number of H-pyrrole nitrogens is 2. The molecule has 0 saturated carbocycles. The summed E-state index contributed by atoms with van der Waals surface area (Å²) < 4.78 is 6.02. The van der Waals surface area contributed by atoms with Crippen molar-refractivity contribution in [2.24, 2.45) is 0 Å². The Bertz CT molecular complexity index is 1270. The molecule has 1 saturated heterocycles. The van der Waals surface area contributed by atoms with Crippen LogP contribution in [-0.4, -0.2) is 43.4 Å². The molecule has 144 valence electrons. The van der Waals surface area contributed by atoms with Crippen molar-refractivity contribution in [3.63, 3.8) is 0 Å². The first-order valence-electron chi connectivity index (χ1n) is 9.94. The minimum atomic E-state index is 0.706. The fraction of sp³-hybridized carbons (Fsp3) is 0.227. The molecule has 0 atom stereocenters. The third kappa shape index (κ3) is 2.91. The molecule has 5 aromatic rings. The van der Waals surface area contributed by atoms with Crippen molar-refractivity contribution >= 4 is 21.9 Å². The van der Waals surface area contributed by atoms with Crippen LogP contribution in [0, 0.1) is 0 Å². The number of furan rings is 1. The Kier molecular flexibility index (Phi) is 3.73. The van der Waals surface area contributed by atoms with Crippen molar-refractivity contribution in [2.75, 3.05) is 13.1 Å². The normalized spacial score (nSPS) is 15.0. The molecule has 1 aliphatic heterocycles. The number of hydrogen-bond donors (Lipinski definition) is 2. The molecular formula is C22H20N6O. The zero-order chi connectivity index (χ0) is 19.2. The summed E-state index contributed by atoms with van der Waals surface area (Å²) in [6.45, 7) is 3.10. The first kappa shape index (κ1) is 16.5. The monoisotopic (exact) mass is 384 g/mol. The van der Waals surface area contributed by atoms with E-state index in [-0.39, 0.29) is 0 Å². The third-order valence-corrected chi connectivity index (χ3v) is 5.58. The van der Waals surface area contributed by atoms with Crippen molar-refractivity contribution in [3.05, 3.63) is 54.4 Å². The van der Waals surface area contributed by atoms with Crippen LogP contribution in [0.25, 0.3) is 44.7 Å². The molecule has 2 N–H and O–H groups in total. The molecule has 2 aromatic carbocycles. The van der Waals surface area contributed by atoms with E-state index in [9.17, 15) is 0 Å². The van der Waals surface area contributed by atoms with Crippen molar-refractivity contribution < 1.29 is 4.42 Å². The van der Waals surface area contributed by atoms with Crippen LogP contribution in [0.1, 0.15) is 18.7 Å². The fourth-order valence-corrected chi connectivity index (χ4v) is 4.09. The van der Waals surface area contributed by atoms with Gasteiger partial charge < -0.3 is 4.42 Å². The topological polar surface area (TPSA) is 86.6 Å². The highest BCUT2D eigenvalue weighted by molar-refractivity contribution is 5.96. The van der Waals surface area contributed by atoms with Crippen molar-refractivity contribution in [2.45, 2.75) is 19.4 Å². The van der Waals surface area contributed by atoms with Crippen LogP contribution in [-0.2, 0) is 6.54 Å². The quantitative estimate of drug-likeness (QED) is 0.481. The number of para-hydroxylation sites is 1. The van der Waals surface area contributed by atoms with E-state index < -0.39 is 0 Å². The zero-order valence-corrected chi connectivity index (χ0v) is 15.9. The summed E-state index contributed by atoms with van der Waals surface area (Å²) in [4.78, 5) is 7.12. The van der Waals surface area contributed by atoms with Crippen LogP contribution in [0.3, 0.4) is 0 Å². The molecule has 1 aliphatic rings. The lowest BCUT2D eigenvalue weighted by atomic mass is 10.1. The van der Waals surface area contributed by atoms with Gasteiger partial charge >= 0.3 is 0 Å². The maximum absolute atomic E-state index is 6.02. The molecule has 6 rings (SSSR count). The van der Waals surface area contributed by atoms with Gasteiger partial charge in [-0.2, -0.15) is 10.2 Å². The number of nitrogens with one attached hydrogen (secondary N) is 2. The Morgan fingerprint density at radius 2 is 1.86 bits per heavy atom. The molecule has 0 spiro atoms. The van der Waals surface area contributed by atoms with Gasteiger partial charge in [-0.3, -0.25) is 15.1 Å². The SMILES string of the molecule is c1ccc2oc(-c3n[nH]c4ccc(-c5n[nH]c(CN6CCCC6)n5)cc34)cc2c1. The maximum atomic E-state index is 6.02. The van der Waals surface area contributed by atoms with Gasteiger partial charge in [-0.05, 0) is 56.3 Å². The highest BCUT2D eigenvalue weighted by Gasteiger charge is 2.17.